The van der Waals surface area contributed by atoms with Crippen LogP contribution >= 0.6 is 12.1 Å². The zero-order valence-electron chi connectivity index (χ0n) is 23.3. The predicted octanol–water partition coefficient (Wildman–Crippen LogP) is 5.96. The van der Waals surface area contributed by atoms with Crippen molar-refractivity contribution in [3.8, 4) is 12.1 Å². The molecule has 2 aliphatic rings. The van der Waals surface area contributed by atoms with Gasteiger partial charge in [-0.15, -0.1) is 0 Å². The summed E-state index contributed by atoms with van der Waals surface area (Å²) in [4.78, 5) is 2.38. The molecule has 0 saturated heterocycles. The molecular weight excluding hydrogens is 588 g/mol. The van der Waals surface area contributed by atoms with E-state index in [1.807, 2.05) is 36.4 Å². The quantitative estimate of drug-likeness (QED) is 0.225. The van der Waals surface area contributed by atoms with Gasteiger partial charge >= 0.3 is 0 Å². The van der Waals surface area contributed by atoms with E-state index in [-0.39, 0.29) is 0 Å². The van der Waals surface area contributed by atoms with Crippen LogP contribution in [0.1, 0.15) is 27.8 Å². The average molecular weight is 614 g/mol. The predicted molar refractivity (Wildman–Crippen MR) is 184 cm³/mol. The minimum atomic E-state index is -2.61. The topological polar surface area (TPSA) is 50.8 Å². The van der Waals surface area contributed by atoms with Crippen molar-refractivity contribution < 1.29 is 0 Å². The number of aryl methyl sites for hydroxylation is 3. The van der Waals surface area contributed by atoms with E-state index in [4.69, 9.17) is 23.6 Å². The van der Waals surface area contributed by atoms with E-state index in [0.717, 1.165) is 65.6 Å². The van der Waals surface area contributed by atoms with Gasteiger partial charge in [0.05, 0.1) is 40.3 Å². The summed E-state index contributed by atoms with van der Waals surface area (Å²) in [6.07, 6.45) is 0. The van der Waals surface area contributed by atoms with Crippen LogP contribution in [0.15, 0.2) is 97.1 Å². The summed E-state index contributed by atoms with van der Waals surface area (Å²) < 4.78 is 0. The van der Waals surface area contributed by atoms with Crippen molar-refractivity contribution in [2.75, 3.05) is 4.90 Å². The first-order valence-electron chi connectivity index (χ1n) is 13.6. The monoisotopic (exact) mass is 613 g/mol. The van der Waals surface area contributed by atoms with Gasteiger partial charge in [0.25, 0.3) is 0 Å². The van der Waals surface area contributed by atoms with Crippen molar-refractivity contribution >= 4 is 84.6 Å². The highest BCUT2D eigenvalue weighted by atomic mass is 32.4. The Bertz CT molecular complexity index is 2040. The van der Waals surface area contributed by atoms with Gasteiger partial charge in [-0.3, -0.25) is 0 Å². The molecule has 0 aliphatic carbocycles. The summed E-state index contributed by atoms with van der Waals surface area (Å²) in [6.45, 7) is 6.34. The van der Waals surface area contributed by atoms with Crippen molar-refractivity contribution in [2.45, 2.75) is 20.8 Å². The summed E-state index contributed by atoms with van der Waals surface area (Å²) in [6, 6.07) is 32.8. The molecule has 2 heterocycles. The van der Waals surface area contributed by atoms with Crippen molar-refractivity contribution in [1.82, 2.24) is 0 Å². The number of benzene rings is 5. The summed E-state index contributed by atoms with van der Waals surface area (Å²) >= 11 is 13.8. The summed E-state index contributed by atoms with van der Waals surface area (Å²) in [5.74, 6) is 0. The molecule has 3 nitrogen and oxygen atoms in total. The largest absolute Gasteiger partial charge is 0.308 e. The van der Waals surface area contributed by atoms with Crippen LogP contribution in [0.3, 0.4) is 0 Å². The van der Waals surface area contributed by atoms with Gasteiger partial charge in [0.15, 0.2) is 0 Å². The Morgan fingerprint density at radius 3 is 1.40 bits per heavy atom. The van der Waals surface area contributed by atoms with Crippen molar-refractivity contribution in [2.24, 2.45) is 0 Å². The van der Waals surface area contributed by atoms with E-state index in [1.165, 1.54) is 0 Å². The zero-order chi connectivity index (χ0) is 29.4. The van der Waals surface area contributed by atoms with Crippen LogP contribution in [0.4, 0.5) is 17.1 Å². The summed E-state index contributed by atoms with van der Waals surface area (Å²) in [7, 11) is 0. The second-order valence-corrected chi connectivity index (χ2v) is 19.7. The molecule has 202 valence electrons. The fraction of sp³-hybridized carbons (Fsp3) is 0.0857. The van der Waals surface area contributed by atoms with Gasteiger partial charge in [-0.25, -0.2) is 0 Å². The fourth-order valence-electron chi connectivity index (χ4n) is 6.33. The van der Waals surface area contributed by atoms with Crippen LogP contribution in [0.5, 0.6) is 0 Å². The van der Waals surface area contributed by atoms with Gasteiger partial charge in [-0.1, -0.05) is 71.1 Å². The Labute approximate surface area is 256 Å². The highest BCUT2D eigenvalue weighted by Gasteiger charge is 2.46. The molecule has 2 atom stereocenters. The Hall–Kier alpha value is -3.82. The highest BCUT2D eigenvalue weighted by molar-refractivity contribution is 8.27. The van der Waals surface area contributed by atoms with E-state index in [9.17, 15) is 10.5 Å². The molecule has 7 heteroatoms. The van der Waals surface area contributed by atoms with Crippen LogP contribution in [0.25, 0.3) is 0 Å². The van der Waals surface area contributed by atoms with Gasteiger partial charge in [0.2, 0.25) is 0 Å². The Morgan fingerprint density at radius 2 is 0.976 bits per heavy atom. The minimum Gasteiger partial charge on any atom is -0.308 e. The van der Waals surface area contributed by atoms with Crippen molar-refractivity contribution in [3.05, 3.63) is 125 Å². The van der Waals surface area contributed by atoms with Gasteiger partial charge in [-0.2, -0.15) is 10.5 Å². The molecular formula is C35H25N3P2S2. The van der Waals surface area contributed by atoms with Gasteiger partial charge in [0, 0.05) is 33.3 Å². The first-order valence-corrected chi connectivity index (χ1v) is 19.2. The molecule has 7 rings (SSSR count). The average Bonchev–Trinajstić information content (AvgIpc) is 3.01. The van der Waals surface area contributed by atoms with Crippen molar-refractivity contribution in [1.29, 1.82) is 10.5 Å². The number of fused-ring (bicyclic) bond motifs is 4. The molecule has 5 aromatic rings. The minimum absolute atomic E-state index is 0.606. The molecule has 0 radical (unpaired) electrons. The van der Waals surface area contributed by atoms with Gasteiger partial charge in [0.1, 0.15) is 0 Å². The van der Waals surface area contributed by atoms with E-state index in [0.29, 0.717) is 11.1 Å². The van der Waals surface area contributed by atoms with Crippen molar-refractivity contribution in [3.63, 3.8) is 0 Å². The molecule has 42 heavy (non-hydrogen) atoms. The Morgan fingerprint density at radius 1 is 0.548 bits per heavy atom. The number of anilines is 3. The van der Waals surface area contributed by atoms with E-state index < -0.39 is 12.1 Å². The second-order valence-electron chi connectivity index (χ2n) is 11.0. The molecule has 2 unspecified atom stereocenters. The van der Waals surface area contributed by atoms with E-state index >= 15 is 0 Å². The standard InChI is InChI=1S/C35H25N3P2S2/c1-22-10-12-29-31(14-22)39(41,27-8-4-6-25(18-27)20-36)33-16-24(3)17-34-35(33)38(29)30-13-11-23(2)15-32(30)40(34,42)28-9-5-7-26(19-28)21-37/h4-19H,1-3H3. The number of hydrogen-bond donors (Lipinski definition) is 0. The zero-order valence-corrected chi connectivity index (χ0v) is 26.7. The molecule has 0 saturated carbocycles. The fourth-order valence-corrected chi connectivity index (χ4v) is 15.2. The van der Waals surface area contributed by atoms with Crippen LogP contribution in [0, 0.1) is 43.4 Å². The van der Waals surface area contributed by atoms with E-state index in [2.05, 4.69) is 98.5 Å². The third-order valence-electron chi connectivity index (χ3n) is 8.22. The molecule has 0 N–H and O–H groups in total. The van der Waals surface area contributed by atoms with Crippen LogP contribution in [-0.2, 0) is 23.6 Å². The maximum atomic E-state index is 9.81. The van der Waals surface area contributed by atoms with Crippen LogP contribution in [0.2, 0.25) is 0 Å². The van der Waals surface area contributed by atoms with Gasteiger partial charge in [-0.05, 0) is 97.6 Å². The summed E-state index contributed by atoms with van der Waals surface area (Å²) in [5, 5.41) is 26.1. The Balaban J connectivity index is 1.68. The number of nitrogens with zero attached hydrogens (tertiary/aromatic N) is 3. The molecule has 2 aliphatic heterocycles. The number of rotatable bonds is 2. The maximum Gasteiger partial charge on any atom is 0.0991 e. The number of hydrogen-bond acceptors (Lipinski definition) is 5. The maximum absolute atomic E-state index is 9.81. The lowest BCUT2D eigenvalue weighted by Gasteiger charge is -2.47. The number of nitriles is 2. The van der Waals surface area contributed by atoms with E-state index in [1.54, 1.807) is 0 Å². The molecule has 0 aromatic heterocycles. The van der Waals surface area contributed by atoms with Gasteiger partial charge < -0.3 is 4.90 Å². The molecule has 0 spiro atoms. The lowest BCUT2D eigenvalue weighted by atomic mass is 10.1. The van der Waals surface area contributed by atoms with Crippen LogP contribution < -0.4 is 36.7 Å². The SMILES string of the molecule is Cc1ccc2c(c1)P(=S)(c1cccc(C#N)c1)c1cc(C)cc3c1N2c1ccc(C)cc1P3(=S)c1cccc(C#N)c1. The molecule has 5 aromatic carbocycles. The molecule has 0 fully saturated rings. The third kappa shape index (κ3) is 3.69. The Kier molecular flexibility index (Phi) is 6.18. The normalized spacial score (nSPS) is 19.6. The van der Waals surface area contributed by atoms with Crippen LogP contribution in [-0.4, -0.2) is 0 Å². The molecule has 0 amide bonds. The highest BCUT2D eigenvalue weighted by Crippen LogP contribution is 2.61. The lowest BCUT2D eigenvalue weighted by Crippen LogP contribution is -2.46. The lowest BCUT2D eigenvalue weighted by molar-refractivity contribution is 1.29. The summed E-state index contributed by atoms with van der Waals surface area (Å²) in [5.41, 5.74) is 7.83. The first kappa shape index (κ1) is 27.0. The second kappa shape index (κ2) is 9.61. The molecule has 0 bridgehead atoms. The third-order valence-corrected chi connectivity index (χ3v) is 18.0. The smallest absolute Gasteiger partial charge is 0.0991 e. The first-order chi connectivity index (χ1) is 20.2.